The lowest BCUT2D eigenvalue weighted by Gasteiger charge is -2.26. The Labute approximate surface area is 187 Å². The Bertz CT molecular complexity index is 1050. The molecule has 6 nitrogen and oxygen atoms in total. The summed E-state index contributed by atoms with van der Waals surface area (Å²) in [5.74, 6) is 0.319. The molecule has 32 heavy (non-hydrogen) atoms. The number of nitrogens with zero attached hydrogens (tertiary/aromatic N) is 1. The Hall–Kier alpha value is -3.80. The fourth-order valence-corrected chi connectivity index (χ4v) is 3.51. The molecule has 1 aliphatic rings. The second-order valence-electron chi connectivity index (χ2n) is 7.63. The van der Waals surface area contributed by atoms with Gasteiger partial charge in [0, 0.05) is 19.6 Å². The smallest absolute Gasteiger partial charge is 0.311 e. The van der Waals surface area contributed by atoms with Crippen molar-refractivity contribution in [1.82, 2.24) is 10.2 Å². The number of hydrogen-bond donors (Lipinski definition) is 1. The monoisotopic (exact) mass is 430 g/mol. The minimum absolute atomic E-state index is 0.427. The fourth-order valence-electron chi connectivity index (χ4n) is 3.51. The van der Waals surface area contributed by atoms with Gasteiger partial charge in [-0.2, -0.15) is 0 Å². The van der Waals surface area contributed by atoms with Crippen molar-refractivity contribution >= 4 is 11.8 Å². The summed E-state index contributed by atoms with van der Waals surface area (Å²) in [6, 6.07) is 25.8. The largest absolute Gasteiger partial charge is 0.485 e. The van der Waals surface area contributed by atoms with Crippen LogP contribution >= 0.6 is 0 Å². The predicted octanol–water partition coefficient (Wildman–Crippen LogP) is 3.35. The highest BCUT2D eigenvalue weighted by atomic mass is 16.5. The Morgan fingerprint density at radius 2 is 1.38 bits per heavy atom. The number of carbonyl (C=O) groups is 2. The van der Waals surface area contributed by atoms with Crippen molar-refractivity contribution in [2.24, 2.45) is 0 Å². The SMILES string of the molecule is O=C1NCCN(CCc2ccc(OCc3ccccc3)c(OCc3ccccc3)c2)C1=O. The van der Waals surface area contributed by atoms with Gasteiger partial charge in [-0.15, -0.1) is 0 Å². The van der Waals surface area contributed by atoms with Gasteiger partial charge >= 0.3 is 11.8 Å². The van der Waals surface area contributed by atoms with E-state index in [9.17, 15) is 9.59 Å². The summed E-state index contributed by atoms with van der Waals surface area (Å²) in [7, 11) is 0. The van der Waals surface area contributed by atoms with Gasteiger partial charge in [-0.1, -0.05) is 66.7 Å². The van der Waals surface area contributed by atoms with Crippen LogP contribution in [0.4, 0.5) is 0 Å². The van der Waals surface area contributed by atoms with Crippen LogP contribution in [0.15, 0.2) is 78.9 Å². The molecule has 0 bridgehead atoms. The second-order valence-corrected chi connectivity index (χ2v) is 7.63. The summed E-state index contributed by atoms with van der Waals surface area (Å²) in [5, 5.41) is 2.57. The molecule has 1 fully saturated rings. The third-order valence-electron chi connectivity index (χ3n) is 5.30. The molecule has 6 heteroatoms. The number of ether oxygens (including phenoxy) is 2. The number of nitrogens with one attached hydrogen (secondary N) is 1. The maximum Gasteiger partial charge on any atom is 0.311 e. The molecule has 3 aromatic carbocycles. The van der Waals surface area contributed by atoms with E-state index in [1.165, 1.54) is 0 Å². The molecule has 0 aliphatic carbocycles. The van der Waals surface area contributed by atoms with Gasteiger partial charge in [-0.3, -0.25) is 9.59 Å². The molecule has 1 N–H and O–H groups in total. The summed E-state index contributed by atoms with van der Waals surface area (Å²) in [5.41, 5.74) is 3.16. The highest BCUT2D eigenvalue weighted by Crippen LogP contribution is 2.30. The Balaban J connectivity index is 1.46. The molecule has 0 radical (unpaired) electrons. The van der Waals surface area contributed by atoms with Crippen molar-refractivity contribution in [1.29, 1.82) is 0 Å². The van der Waals surface area contributed by atoms with Crippen LogP contribution in [-0.2, 0) is 29.2 Å². The third-order valence-corrected chi connectivity index (χ3v) is 5.30. The van der Waals surface area contributed by atoms with E-state index in [-0.39, 0.29) is 0 Å². The van der Waals surface area contributed by atoms with Crippen molar-refractivity contribution in [3.63, 3.8) is 0 Å². The lowest BCUT2D eigenvalue weighted by Crippen LogP contribution is -2.52. The van der Waals surface area contributed by atoms with Gasteiger partial charge in [0.25, 0.3) is 0 Å². The van der Waals surface area contributed by atoms with Crippen LogP contribution in [0.1, 0.15) is 16.7 Å². The van der Waals surface area contributed by atoms with E-state index in [1.54, 1.807) is 4.90 Å². The maximum atomic E-state index is 12.0. The van der Waals surface area contributed by atoms with Crippen LogP contribution in [0.3, 0.4) is 0 Å². The molecule has 0 spiro atoms. The quantitative estimate of drug-likeness (QED) is 0.529. The van der Waals surface area contributed by atoms with Gasteiger partial charge in [0.05, 0.1) is 0 Å². The summed E-state index contributed by atoms with van der Waals surface area (Å²) in [6.07, 6.45) is 0.625. The molecule has 164 valence electrons. The first-order valence-corrected chi connectivity index (χ1v) is 10.7. The predicted molar refractivity (Wildman–Crippen MR) is 121 cm³/mol. The van der Waals surface area contributed by atoms with E-state index in [2.05, 4.69) is 5.32 Å². The number of carbonyl (C=O) groups excluding carboxylic acids is 2. The van der Waals surface area contributed by atoms with Crippen LogP contribution in [-0.4, -0.2) is 36.3 Å². The summed E-state index contributed by atoms with van der Waals surface area (Å²) >= 11 is 0. The van der Waals surface area contributed by atoms with Gasteiger partial charge in [-0.05, 0) is 35.2 Å². The molecule has 0 saturated carbocycles. The number of benzene rings is 3. The van der Waals surface area contributed by atoms with Crippen LogP contribution in [0, 0.1) is 0 Å². The summed E-state index contributed by atoms with van der Waals surface area (Å²) in [4.78, 5) is 25.2. The molecule has 1 saturated heterocycles. The zero-order valence-corrected chi connectivity index (χ0v) is 17.8. The van der Waals surface area contributed by atoms with Gasteiger partial charge in [-0.25, -0.2) is 0 Å². The molecule has 3 aromatic rings. The third kappa shape index (κ3) is 5.66. The molecular weight excluding hydrogens is 404 g/mol. The standard InChI is InChI=1S/C26H26N2O4/c29-25-26(30)28(16-14-27-25)15-13-20-11-12-23(31-18-21-7-3-1-4-8-21)24(17-20)32-19-22-9-5-2-6-10-22/h1-12,17H,13-16,18-19H2,(H,27,29). The molecule has 1 aliphatic heterocycles. The zero-order chi connectivity index (χ0) is 22.2. The van der Waals surface area contributed by atoms with E-state index in [4.69, 9.17) is 9.47 Å². The van der Waals surface area contributed by atoms with Crippen molar-refractivity contribution in [2.45, 2.75) is 19.6 Å². The highest BCUT2D eigenvalue weighted by molar-refractivity contribution is 6.35. The first-order valence-electron chi connectivity index (χ1n) is 10.7. The lowest BCUT2D eigenvalue weighted by atomic mass is 10.1. The van der Waals surface area contributed by atoms with Gasteiger partial charge in [0.1, 0.15) is 13.2 Å². The Morgan fingerprint density at radius 3 is 2.03 bits per heavy atom. The van der Waals surface area contributed by atoms with Crippen LogP contribution in [0.5, 0.6) is 11.5 Å². The second kappa shape index (κ2) is 10.5. The molecular formula is C26H26N2O4. The van der Waals surface area contributed by atoms with Crippen LogP contribution < -0.4 is 14.8 Å². The molecule has 0 aromatic heterocycles. The number of amides is 2. The molecule has 1 heterocycles. The van der Waals surface area contributed by atoms with Gasteiger partial charge in [0.15, 0.2) is 11.5 Å². The average molecular weight is 431 g/mol. The minimum atomic E-state index is -0.534. The first kappa shape index (κ1) is 21.4. The molecule has 0 unspecified atom stereocenters. The highest BCUT2D eigenvalue weighted by Gasteiger charge is 2.25. The van der Waals surface area contributed by atoms with Crippen molar-refractivity contribution in [3.05, 3.63) is 95.6 Å². The minimum Gasteiger partial charge on any atom is -0.485 e. The van der Waals surface area contributed by atoms with Crippen molar-refractivity contribution in [2.75, 3.05) is 19.6 Å². The van der Waals surface area contributed by atoms with Crippen LogP contribution in [0.25, 0.3) is 0 Å². The Kier molecular flexibility index (Phi) is 7.02. The summed E-state index contributed by atoms with van der Waals surface area (Å²) < 4.78 is 12.2. The van der Waals surface area contributed by atoms with Crippen LogP contribution in [0.2, 0.25) is 0 Å². The summed E-state index contributed by atoms with van der Waals surface area (Å²) in [6.45, 7) is 2.37. The van der Waals surface area contributed by atoms with Crippen molar-refractivity contribution < 1.29 is 19.1 Å². The van der Waals surface area contributed by atoms with Crippen molar-refractivity contribution in [3.8, 4) is 11.5 Å². The van der Waals surface area contributed by atoms with E-state index < -0.39 is 11.8 Å². The topological polar surface area (TPSA) is 67.9 Å². The van der Waals surface area contributed by atoms with E-state index in [1.807, 2.05) is 78.9 Å². The first-order chi connectivity index (χ1) is 15.7. The molecule has 2 amide bonds. The van der Waals surface area contributed by atoms with Gasteiger partial charge in [0.2, 0.25) is 0 Å². The normalized spacial score (nSPS) is 13.6. The van der Waals surface area contributed by atoms with E-state index >= 15 is 0 Å². The number of rotatable bonds is 9. The molecule has 0 atom stereocenters. The maximum absolute atomic E-state index is 12.0. The zero-order valence-electron chi connectivity index (χ0n) is 17.8. The fraction of sp³-hybridized carbons (Fsp3) is 0.231. The lowest BCUT2D eigenvalue weighted by molar-refractivity contribution is -0.148. The van der Waals surface area contributed by atoms with E-state index in [0.717, 1.165) is 16.7 Å². The number of hydrogen-bond acceptors (Lipinski definition) is 4. The average Bonchev–Trinajstić information content (AvgIpc) is 2.84. The Morgan fingerprint density at radius 1 is 0.750 bits per heavy atom. The van der Waals surface area contributed by atoms with E-state index in [0.29, 0.717) is 50.8 Å². The van der Waals surface area contributed by atoms with Gasteiger partial charge < -0.3 is 19.7 Å². The number of piperazine rings is 1. The molecule has 4 rings (SSSR count).